The number of carbonyl (C=O) groups is 1. The molecule has 0 saturated heterocycles. The Morgan fingerprint density at radius 3 is 2.26 bits per heavy atom. The summed E-state index contributed by atoms with van der Waals surface area (Å²) in [4.78, 5) is 14.7. The summed E-state index contributed by atoms with van der Waals surface area (Å²) in [6.45, 7) is 3.47. The van der Waals surface area contributed by atoms with Gasteiger partial charge in [0.15, 0.2) is 0 Å². The lowest BCUT2D eigenvalue weighted by molar-refractivity contribution is -0.133. The van der Waals surface area contributed by atoms with Crippen LogP contribution < -0.4 is 5.73 Å². The van der Waals surface area contributed by atoms with Crippen molar-refractivity contribution in [3.05, 3.63) is 35.4 Å². The third-order valence-corrected chi connectivity index (χ3v) is 4.07. The minimum atomic E-state index is -0.309. The van der Waals surface area contributed by atoms with Crippen molar-refractivity contribution in [2.45, 2.75) is 26.2 Å². The second-order valence-electron chi connectivity index (χ2n) is 4.96. The molecule has 102 valence electrons. The van der Waals surface area contributed by atoms with Crippen molar-refractivity contribution in [3.63, 3.8) is 0 Å². The number of hydrogen-bond acceptors (Lipinski definition) is 2. The quantitative estimate of drug-likeness (QED) is 0.858. The molecular weight excluding hydrogens is 256 g/mol. The number of amides is 1. The smallest absolute Gasteiger partial charge is 0.232 e. The Balaban J connectivity index is 2.09. The molecule has 1 aliphatic heterocycles. The highest BCUT2D eigenvalue weighted by molar-refractivity contribution is 7.80. The monoisotopic (exact) mass is 276 g/mol. The maximum absolute atomic E-state index is 12.4. The fourth-order valence-corrected chi connectivity index (χ4v) is 2.87. The predicted molar refractivity (Wildman–Crippen MR) is 81.0 cm³/mol. The summed E-state index contributed by atoms with van der Waals surface area (Å²) in [5.41, 5.74) is 8.36. The van der Waals surface area contributed by atoms with Crippen LogP contribution in [0.5, 0.6) is 0 Å². The molecule has 0 spiro atoms. The molecule has 1 unspecified atom stereocenters. The van der Waals surface area contributed by atoms with Crippen LogP contribution in [0.3, 0.4) is 0 Å². The standard InChI is InChI=1S/C15H20N2OS/c1-2-13(14(16)19)15(18)17-9-7-11-5-3-4-6-12(11)8-10-17/h3-6,13H,2,7-10H2,1H3,(H2,16,19). The first-order valence-corrected chi connectivity index (χ1v) is 7.19. The summed E-state index contributed by atoms with van der Waals surface area (Å²) < 4.78 is 0. The number of fused-ring (bicyclic) bond motifs is 1. The summed E-state index contributed by atoms with van der Waals surface area (Å²) in [6, 6.07) is 8.41. The van der Waals surface area contributed by atoms with Crippen molar-refractivity contribution in [1.29, 1.82) is 0 Å². The Morgan fingerprint density at radius 1 is 1.32 bits per heavy atom. The molecule has 1 aromatic carbocycles. The van der Waals surface area contributed by atoms with E-state index in [0.717, 1.165) is 25.9 Å². The van der Waals surface area contributed by atoms with Gasteiger partial charge < -0.3 is 10.6 Å². The minimum absolute atomic E-state index is 0.0859. The topological polar surface area (TPSA) is 46.3 Å². The number of nitrogens with two attached hydrogens (primary N) is 1. The average molecular weight is 276 g/mol. The van der Waals surface area contributed by atoms with Gasteiger partial charge in [0.25, 0.3) is 0 Å². The maximum Gasteiger partial charge on any atom is 0.232 e. The van der Waals surface area contributed by atoms with E-state index in [1.165, 1.54) is 11.1 Å². The van der Waals surface area contributed by atoms with Crippen molar-refractivity contribution >= 4 is 23.1 Å². The zero-order valence-corrected chi connectivity index (χ0v) is 12.1. The summed E-state index contributed by atoms with van der Waals surface area (Å²) >= 11 is 5.00. The van der Waals surface area contributed by atoms with Gasteiger partial charge in [-0.15, -0.1) is 0 Å². The zero-order chi connectivity index (χ0) is 13.8. The fraction of sp³-hybridized carbons (Fsp3) is 0.467. The highest BCUT2D eigenvalue weighted by Crippen LogP contribution is 2.18. The molecule has 1 atom stereocenters. The molecule has 0 fully saturated rings. The number of benzene rings is 1. The Morgan fingerprint density at radius 2 is 1.84 bits per heavy atom. The second-order valence-corrected chi connectivity index (χ2v) is 5.43. The molecule has 1 heterocycles. The summed E-state index contributed by atoms with van der Waals surface area (Å²) in [7, 11) is 0. The van der Waals surface area contributed by atoms with Gasteiger partial charge in [0.2, 0.25) is 5.91 Å². The van der Waals surface area contributed by atoms with Crippen LogP contribution in [0, 0.1) is 5.92 Å². The third-order valence-electron chi connectivity index (χ3n) is 3.78. The van der Waals surface area contributed by atoms with E-state index in [-0.39, 0.29) is 11.8 Å². The fourth-order valence-electron chi connectivity index (χ4n) is 2.61. The van der Waals surface area contributed by atoms with Gasteiger partial charge in [-0.1, -0.05) is 43.4 Å². The van der Waals surface area contributed by atoms with Gasteiger partial charge in [-0.05, 0) is 30.4 Å². The van der Waals surface area contributed by atoms with E-state index in [2.05, 4.69) is 24.3 Å². The van der Waals surface area contributed by atoms with Crippen molar-refractivity contribution in [2.75, 3.05) is 13.1 Å². The number of rotatable bonds is 3. The molecule has 2 rings (SSSR count). The molecule has 3 nitrogen and oxygen atoms in total. The highest BCUT2D eigenvalue weighted by atomic mass is 32.1. The first-order chi connectivity index (χ1) is 9.13. The van der Waals surface area contributed by atoms with E-state index in [9.17, 15) is 4.79 Å². The largest absolute Gasteiger partial charge is 0.393 e. The van der Waals surface area contributed by atoms with Crippen LogP contribution in [0.1, 0.15) is 24.5 Å². The van der Waals surface area contributed by atoms with Crippen LogP contribution in [-0.4, -0.2) is 28.9 Å². The van der Waals surface area contributed by atoms with Gasteiger partial charge >= 0.3 is 0 Å². The number of nitrogens with zero attached hydrogens (tertiary/aromatic N) is 1. The summed E-state index contributed by atoms with van der Waals surface area (Å²) in [6.07, 6.45) is 2.50. The normalized spacial score (nSPS) is 16.4. The van der Waals surface area contributed by atoms with Crippen LogP contribution in [0.4, 0.5) is 0 Å². The van der Waals surface area contributed by atoms with Gasteiger partial charge in [0.05, 0.1) is 10.9 Å². The van der Waals surface area contributed by atoms with Crippen LogP contribution in [0.2, 0.25) is 0 Å². The minimum Gasteiger partial charge on any atom is -0.393 e. The predicted octanol–water partition coefficient (Wildman–Crippen LogP) is 1.93. The number of hydrogen-bond donors (Lipinski definition) is 1. The Bertz CT molecular complexity index is 460. The van der Waals surface area contributed by atoms with Crippen molar-refractivity contribution < 1.29 is 4.79 Å². The molecule has 0 bridgehead atoms. The average Bonchev–Trinajstić information content (AvgIpc) is 2.61. The molecule has 19 heavy (non-hydrogen) atoms. The highest BCUT2D eigenvalue weighted by Gasteiger charge is 2.26. The third kappa shape index (κ3) is 3.13. The van der Waals surface area contributed by atoms with Crippen molar-refractivity contribution in [2.24, 2.45) is 11.7 Å². The number of thiocarbonyl (C=S) groups is 1. The molecule has 0 aliphatic carbocycles. The molecular formula is C15H20N2OS. The van der Waals surface area contributed by atoms with Gasteiger partial charge in [0.1, 0.15) is 0 Å². The van der Waals surface area contributed by atoms with E-state index in [1.807, 2.05) is 11.8 Å². The van der Waals surface area contributed by atoms with Gasteiger partial charge in [-0.25, -0.2) is 0 Å². The van der Waals surface area contributed by atoms with E-state index in [0.29, 0.717) is 11.4 Å². The lowest BCUT2D eigenvalue weighted by Crippen LogP contribution is -2.42. The molecule has 0 saturated carbocycles. The second kappa shape index (κ2) is 6.15. The lowest BCUT2D eigenvalue weighted by atomic mass is 10.0. The van der Waals surface area contributed by atoms with Gasteiger partial charge in [-0.3, -0.25) is 4.79 Å². The molecule has 0 radical (unpaired) electrons. The molecule has 1 amide bonds. The van der Waals surface area contributed by atoms with Crippen molar-refractivity contribution in [1.82, 2.24) is 4.90 Å². The Hall–Kier alpha value is -1.42. The SMILES string of the molecule is CCC(C(=O)N1CCc2ccccc2CC1)C(N)=S. The molecule has 1 aromatic rings. The van der Waals surface area contributed by atoms with Crippen molar-refractivity contribution in [3.8, 4) is 0 Å². The van der Waals surface area contributed by atoms with Gasteiger partial charge in [0, 0.05) is 13.1 Å². The lowest BCUT2D eigenvalue weighted by Gasteiger charge is -2.24. The zero-order valence-electron chi connectivity index (χ0n) is 11.3. The van der Waals surface area contributed by atoms with E-state index < -0.39 is 0 Å². The summed E-state index contributed by atoms with van der Waals surface area (Å²) in [5.74, 6) is -0.223. The molecule has 4 heteroatoms. The van der Waals surface area contributed by atoms with E-state index in [4.69, 9.17) is 18.0 Å². The molecule has 2 N–H and O–H groups in total. The van der Waals surface area contributed by atoms with Gasteiger partial charge in [-0.2, -0.15) is 0 Å². The first-order valence-electron chi connectivity index (χ1n) is 6.78. The Kier molecular flexibility index (Phi) is 4.53. The van der Waals surface area contributed by atoms with E-state index in [1.54, 1.807) is 0 Å². The molecule has 0 aromatic heterocycles. The van der Waals surface area contributed by atoms with E-state index >= 15 is 0 Å². The Labute approximate surface area is 119 Å². The van der Waals surface area contributed by atoms with Crippen LogP contribution in [0.25, 0.3) is 0 Å². The maximum atomic E-state index is 12.4. The van der Waals surface area contributed by atoms with Crippen LogP contribution in [0.15, 0.2) is 24.3 Å². The summed E-state index contributed by atoms with van der Waals surface area (Å²) in [5, 5.41) is 0. The molecule has 1 aliphatic rings. The van der Waals surface area contributed by atoms with Crippen LogP contribution >= 0.6 is 12.2 Å². The number of carbonyl (C=O) groups excluding carboxylic acids is 1. The first kappa shape index (κ1) is 14.0. The van der Waals surface area contributed by atoms with Crippen LogP contribution in [-0.2, 0) is 17.6 Å².